The van der Waals surface area contributed by atoms with Gasteiger partial charge in [0.2, 0.25) is 5.91 Å². The maximum absolute atomic E-state index is 12.5. The van der Waals surface area contributed by atoms with E-state index in [0.29, 0.717) is 47.4 Å². The molecular weight excluding hydrogens is 370 g/mol. The number of carbonyl (C=O) groups excluding carboxylic acids is 3. The number of nitrogens with one attached hydrogen (secondary N) is 1. The van der Waals surface area contributed by atoms with Crippen LogP contribution in [-0.4, -0.2) is 47.4 Å². The van der Waals surface area contributed by atoms with Gasteiger partial charge in [0.1, 0.15) is 4.88 Å². The van der Waals surface area contributed by atoms with Gasteiger partial charge in [-0.15, -0.1) is 0 Å². The fourth-order valence-corrected chi connectivity index (χ4v) is 3.81. The van der Waals surface area contributed by atoms with E-state index >= 15 is 0 Å². The molecule has 1 fully saturated rings. The Morgan fingerprint density at radius 1 is 1.37 bits per heavy atom. The quantitative estimate of drug-likeness (QED) is 0.787. The van der Waals surface area contributed by atoms with Crippen LogP contribution in [0.2, 0.25) is 0 Å². The zero-order chi connectivity index (χ0) is 19.4. The molecule has 27 heavy (non-hydrogen) atoms. The number of anilines is 1. The molecule has 0 unspecified atom stereocenters. The minimum Gasteiger partial charge on any atom is -0.462 e. The summed E-state index contributed by atoms with van der Waals surface area (Å²) in [5.41, 5.74) is 0.535. The van der Waals surface area contributed by atoms with Gasteiger partial charge in [0.15, 0.2) is 10.9 Å². The molecule has 0 spiro atoms. The van der Waals surface area contributed by atoms with E-state index in [1.165, 1.54) is 6.26 Å². The highest BCUT2D eigenvalue weighted by molar-refractivity contribution is 7.17. The van der Waals surface area contributed by atoms with Gasteiger partial charge in [-0.25, -0.2) is 9.78 Å². The van der Waals surface area contributed by atoms with E-state index in [-0.39, 0.29) is 24.3 Å². The number of piperidine rings is 1. The molecule has 2 aromatic rings. The summed E-state index contributed by atoms with van der Waals surface area (Å²) < 4.78 is 10.1. The third-order valence-corrected chi connectivity index (χ3v) is 5.43. The summed E-state index contributed by atoms with van der Waals surface area (Å²) in [7, 11) is 0. The number of thiazole rings is 1. The molecular formula is C18H21N3O5S. The lowest BCUT2D eigenvalue weighted by molar-refractivity contribution is -0.121. The molecule has 3 heterocycles. The standard InChI is InChI=1S/C18H21N3O5S/c1-3-25-17(24)14-11(2)19-18(27-14)20-15(22)12-6-8-21(9-7-12)16(23)13-5-4-10-26-13/h4-5,10,12H,3,6-9H2,1-2H3,(H,19,20,22). The van der Waals surface area contributed by atoms with Crippen LogP contribution in [0.4, 0.5) is 5.13 Å². The summed E-state index contributed by atoms with van der Waals surface area (Å²) >= 11 is 1.11. The van der Waals surface area contributed by atoms with Crippen LogP contribution in [0.25, 0.3) is 0 Å². The molecule has 0 bridgehead atoms. The highest BCUT2D eigenvalue weighted by atomic mass is 32.1. The fourth-order valence-electron chi connectivity index (χ4n) is 2.94. The van der Waals surface area contributed by atoms with E-state index in [9.17, 15) is 14.4 Å². The van der Waals surface area contributed by atoms with Crippen LogP contribution in [-0.2, 0) is 9.53 Å². The molecule has 1 aliphatic rings. The summed E-state index contributed by atoms with van der Waals surface area (Å²) in [6.07, 6.45) is 2.59. The van der Waals surface area contributed by atoms with Crippen LogP contribution >= 0.6 is 11.3 Å². The second-order valence-electron chi connectivity index (χ2n) is 6.19. The number of hydrogen-bond acceptors (Lipinski definition) is 7. The molecule has 2 amide bonds. The van der Waals surface area contributed by atoms with Crippen LogP contribution in [0.1, 0.15) is 45.7 Å². The highest BCUT2D eigenvalue weighted by Crippen LogP contribution is 2.26. The van der Waals surface area contributed by atoms with E-state index in [1.54, 1.807) is 30.9 Å². The molecule has 9 heteroatoms. The largest absolute Gasteiger partial charge is 0.462 e. The van der Waals surface area contributed by atoms with Crippen molar-refractivity contribution in [2.75, 3.05) is 25.0 Å². The number of esters is 1. The Balaban J connectivity index is 1.55. The SMILES string of the molecule is CCOC(=O)c1sc(NC(=O)C2CCN(C(=O)c3ccco3)CC2)nc1C. The number of amides is 2. The third-order valence-electron chi connectivity index (χ3n) is 4.37. The van der Waals surface area contributed by atoms with E-state index < -0.39 is 5.97 Å². The molecule has 1 N–H and O–H groups in total. The number of aryl methyl sites for hydroxylation is 1. The second-order valence-corrected chi connectivity index (χ2v) is 7.19. The van der Waals surface area contributed by atoms with Crippen LogP contribution in [0, 0.1) is 12.8 Å². The number of aromatic nitrogens is 1. The zero-order valence-corrected chi connectivity index (χ0v) is 16.0. The first kappa shape index (κ1) is 19.1. The number of nitrogens with zero attached hydrogens (tertiary/aromatic N) is 2. The van der Waals surface area contributed by atoms with Gasteiger partial charge < -0.3 is 19.4 Å². The van der Waals surface area contributed by atoms with E-state index in [1.807, 2.05) is 0 Å². The number of rotatable bonds is 5. The first-order valence-electron chi connectivity index (χ1n) is 8.77. The molecule has 1 saturated heterocycles. The summed E-state index contributed by atoms with van der Waals surface area (Å²) in [6, 6.07) is 3.31. The summed E-state index contributed by atoms with van der Waals surface area (Å²) in [6.45, 7) is 4.70. The summed E-state index contributed by atoms with van der Waals surface area (Å²) in [5.74, 6) is -0.640. The highest BCUT2D eigenvalue weighted by Gasteiger charge is 2.29. The minimum atomic E-state index is -0.433. The molecule has 0 aromatic carbocycles. The monoisotopic (exact) mass is 391 g/mol. The van der Waals surface area contributed by atoms with Crippen molar-refractivity contribution in [2.24, 2.45) is 5.92 Å². The van der Waals surface area contributed by atoms with Crippen molar-refractivity contribution in [1.29, 1.82) is 0 Å². The predicted molar refractivity (Wildman–Crippen MR) is 98.8 cm³/mol. The normalized spacial score (nSPS) is 14.8. The molecule has 2 aromatic heterocycles. The Kier molecular flexibility index (Phi) is 5.90. The van der Waals surface area contributed by atoms with Crippen LogP contribution < -0.4 is 5.32 Å². The van der Waals surface area contributed by atoms with Gasteiger partial charge >= 0.3 is 5.97 Å². The van der Waals surface area contributed by atoms with Gasteiger partial charge in [0.05, 0.1) is 18.6 Å². The van der Waals surface area contributed by atoms with Gasteiger partial charge in [-0.1, -0.05) is 11.3 Å². The van der Waals surface area contributed by atoms with Crippen molar-refractivity contribution < 1.29 is 23.5 Å². The number of ether oxygens (including phenoxy) is 1. The van der Waals surface area contributed by atoms with Gasteiger partial charge in [-0.3, -0.25) is 9.59 Å². The van der Waals surface area contributed by atoms with E-state index in [0.717, 1.165) is 11.3 Å². The molecule has 0 radical (unpaired) electrons. The van der Waals surface area contributed by atoms with Gasteiger partial charge in [-0.2, -0.15) is 0 Å². The van der Waals surface area contributed by atoms with Gasteiger partial charge in [0.25, 0.3) is 5.91 Å². The zero-order valence-electron chi connectivity index (χ0n) is 15.2. The lowest BCUT2D eigenvalue weighted by Gasteiger charge is -2.30. The Morgan fingerprint density at radius 2 is 2.11 bits per heavy atom. The Bertz CT molecular complexity index is 822. The molecule has 0 saturated carbocycles. The lowest BCUT2D eigenvalue weighted by atomic mass is 9.96. The third kappa shape index (κ3) is 4.36. The minimum absolute atomic E-state index is 0.149. The van der Waals surface area contributed by atoms with Crippen molar-refractivity contribution in [1.82, 2.24) is 9.88 Å². The van der Waals surface area contributed by atoms with Crippen LogP contribution in [0.5, 0.6) is 0 Å². The van der Waals surface area contributed by atoms with E-state index in [2.05, 4.69) is 10.3 Å². The van der Waals surface area contributed by atoms with Crippen molar-refractivity contribution in [3.05, 3.63) is 34.7 Å². The molecule has 8 nitrogen and oxygen atoms in total. The molecule has 1 aliphatic heterocycles. The Morgan fingerprint density at radius 3 is 2.74 bits per heavy atom. The van der Waals surface area contributed by atoms with Crippen LogP contribution in [0.15, 0.2) is 22.8 Å². The first-order valence-corrected chi connectivity index (χ1v) is 9.59. The van der Waals surface area contributed by atoms with Gasteiger partial charge in [-0.05, 0) is 38.8 Å². The van der Waals surface area contributed by atoms with Crippen molar-refractivity contribution in [3.63, 3.8) is 0 Å². The second kappa shape index (κ2) is 8.34. The average Bonchev–Trinajstić information content (AvgIpc) is 3.31. The van der Waals surface area contributed by atoms with Crippen LogP contribution in [0.3, 0.4) is 0 Å². The molecule has 3 rings (SSSR count). The smallest absolute Gasteiger partial charge is 0.350 e. The maximum atomic E-state index is 12.5. The van der Waals surface area contributed by atoms with E-state index in [4.69, 9.17) is 9.15 Å². The predicted octanol–water partition coefficient (Wildman–Crippen LogP) is 2.71. The summed E-state index contributed by atoms with van der Waals surface area (Å²) in [4.78, 5) is 42.9. The number of furan rings is 1. The number of likely N-dealkylation sites (tertiary alicyclic amines) is 1. The van der Waals surface area contributed by atoms with Crippen molar-refractivity contribution in [2.45, 2.75) is 26.7 Å². The summed E-state index contributed by atoms with van der Waals surface area (Å²) in [5, 5.41) is 3.16. The average molecular weight is 391 g/mol. The lowest BCUT2D eigenvalue weighted by Crippen LogP contribution is -2.41. The molecule has 0 aliphatic carbocycles. The van der Waals surface area contributed by atoms with Crippen molar-refractivity contribution >= 4 is 34.3 Å². The molecule has 0 atom stereocenters. The van der Waals surface area contributed by atoms with Gasteiger partial charge in [0, 0.05) is 19.0 Å². The Hall–Kier alpha value is -2.68. The Labute approximate surface area is 160 Å². The number of carbonyl (C=O) groups is 3. The molecule has 144 valence electrons. The van der Waals surface area contributed by atoms with Crippen molar-refractivity contribution in [3.8, 4) is 0 Å². The maximum Gasteiger partial charge on any atom is 0.350 e. The first-order chi connectivity index (χ1) is 13.0. The topological polar surface area (TPSA) is 102 Å². The number of hydrogen-bond donors (Lipinski definition) is 1. The fraction of sp³-hybridized carbons (Fsp3) is 0.444.